The molecule has 0 heterocycles. The molecule has 1 unspecified atom stereocenters. The van der Waals surface area contributed by atoms with Gasteiger partial charge in [0, 0.05) is 18.1 Å². The highest BCUT2D eigenvalue weighted by molar-refractivity contribution is 7.92. The van der Waals surface area contributed by atoms with Gasteiger partial charge in [-0.1, -0.05) is 92.0 Å². The third-order valence-corrected chi connectivity index (χ3v) is 8.98. The van der Waals surface area contributed by atoms with E-state index in [4.69, 9.17) is 34.8 Å². The molecule has 214 valence electrons. The SMILES string of the molecule is CCC(C(=O)NCC(C)C)N(Cc1ccc(Cl)cc1)C(=O)CN(c1cccc(Cl)c1Cl)S(=O)(=O)c1ccccc1. The van der Waals surface area contributed by atoms with Crippen molar-refractivity contribution >= 4 is 62.3 Å². The summed E-state index contributed by atoms with van der Waals surface area (Å²) in [6.07, 6.45) is 0.312. The van der Waals surface area contributed by atoms with Gasteiger partial charge in [0.25, 0.3) is 10.0 Å². The second kappa shape index (κ2) is 14.2. The molecule has 0 fully saturated rings. The molecule has 0 aromatic heterocycles. The normalized spacial score (nSPS) is 12.2. The second-order valence-electron chi connectivity index (χ2n) is 9.61. The highest BCUT2D eigenvalue weighted by Gasteiger charge is 2.34. The fraction of sp³-hybridized carbons (Fsp3) is 0.310. The fourth-order valence-electron chi connectivity index (χ4n) is 4.05. The maximum Gasteiger partial charge on any atom is 0.264 e. The quantitative estimate of drug-likeness (QED) is 0.252. The lowest BCUT2D eigenvalue weighted by molar-refractivity contribution is -0.140. The number of rotatable bonds is 12. The van der Waals surface area contributed by atoms with Crippen LogP contribution in [0.1, 0.15) is 32.8 Å². The molecule has 2 amide bonds. The zero-order chi connectivity index (χ0) is 29.4. The Balaban J connectivity index is 2.07. The Morgan fingerprint density at radius 3 is 2.15 bits per heavy atom. The molecule has 0 aliphatic carbocycles. The van der Waals surface area contributed by atoms with E-state index in [2.05, 4.69) is 5.32 Å². The fourth-order valence-corrected chi connectivity index (χ4v) is 6.07. The zero-order valence-corrected chi connectivity index (χ0v) is 25.6. The molecule has 0 aliphatic rings. The molecule has 11 heteroatoms. The van der Waals surface area contributed by atoms with E-state index >= 15 is 0 Å². The van der Waals surface area contributed by atoms with Crippen LogP contribution in [0, 0.1) is 5.92 Å². The summed E-state index contributed by atoms with van der Waals surface area (Å²) in [5, 5.41) is 3.55. The smallest absolute Gasteiger partial charge is 0.264 e. The second-order valence-corrected chi connectivity index (χ2v) is 12.7. The van der Waals surface area contributed by atoms with Crippen LogP contribution in [0.25, 0.3) is 0 Å². The summed E-state index contributed by atoms with van der Waals surface area (Å²) in [5.41, 5.74) is 0.779. The minimum absolute atomic E-state index is 0.0116. The summed E-state index contributed by atoms with van der Waals surface area (Å²) in [5.74, 6) is -0.702. The van der Waals surface area contributed by atoms with Crippen LogP contribution < -0.4 is 9.62 Å². The van der Waals surface area contributed by atoms with Crippen molar-refractivity contribution in [2.75, 3.05) is 17.4 Å². The molecule has 0 aliphatic heterocycles. The van der Waals surface area contributed by atoms with Crippen LogP contribution in [0.4, 0.5) is 5.69 Å². The molecule has 1 N–H and O–H groups in total. The third-order valence-electron chi connectivity index (χ3n) is 6.15. The lowest BCUT2D eigenvalue weighted by Gasteiger charge is -2.33. The first kappa shape index (κ1) is 31.7. The van der Waals surface area contributed by atoms with Gasteiger partial charge in [-0.2, -0.15) is 0 Å². The van der Waals surface area contributed by atoms with E-state index in [1.54, 1.807) is 55.5 Å². The molecule has 0 radical (unpaired) electrons. The van der Waals surface area contributed by atoms with Crippen molar-refractivity contribution in [2.45, 2.75) is 44.7 Å². The summed E-state index contributed by atoms with van der Waals surface area (Å²) >= 11 is 18.7. The Hall–Kier alpha value is -2.78. The van der Waals surface area contributed by atoms with E-state index in [0.717, 1.165) is 9.87 Å². The van der Waals surface area contributed by atoms with Crippen molar-refractivity contribution in [2.24, 2.45) is 5.92 Å². The number of nitrogens with one attached hydrogen (secondary N) is 1. The van der Waals surface area contributed by atoms with E-state index in [-0.39, 0.29) is 39.0 Å². The Bertz CT molecular complexity index is 1420. The highest BCUT2D eigenvalue weighted by Crippen LogP contribution is 2.35. The average Bonchev–Trinajstić information content (AvgIpc) is 2.93. The van der Waals surface area contributed by atoms with Gasteiger partial charge in [0.05, 0.1) is 20.6 Å². The number of amides is 2. The molecule has 0 saturated heterocycles. The third kappa shape index (κ3) is 7.91. The Kier molecular flexibility index (Phi) is 11.3. The van der Waals surface area contributed by atoms with Crippen LogP contribution in [0.3, 0.4) is 0 Å². The van der Waals surface area contributed by atoms with Gasteiger partial charge >= 0.3 is 0 Å². The monoisotopic (exact) mass is 623 g/mol. The van der Waals surface area contributed by atoms with Gasteiger partial charge in [0.15, 0.2) is 0 Å². The number of hydrogen-bond acceptors (Lipinski definition) is 4. The molecule has 0 saturated carbocycles. The number of sulfonamides is 1. The van der Waals surface area contributed by atoms with E-state index in [1.165, 1.54) is 29.2 Å². The van der Waals surface area contributed by atoms with Crippen molar-refractivity contribution < 1.29 is 18.0 Å². The van der Waals surface area contributed by atoms with Crippen molar-refractivity contribution in [1.82, 2.24) is 10.2 Å². The maximum absolute atomic E-state index is 14.1. The van der Waals surface area contributed by atoms with E-state index < -0.39 is 28.5 Å². The van der Waals surface area contributed by atoms with Gasteiger partial charge < -0.3 is 10.2 Å². The van der Waals surface area contributed by atoms with Crippen molar-refractivity contribution in [3.05, 3.63) is 93.4 Å². The molecular formula is C29H32Cl3N3O4S. The van der Waals surface area contributed by atoms with E-state index in [1.807, 2.05) is 13.8 Å². The molecule has 1 atom stereocenters. The topological polar surface area (TPSA) is 86.8 Å². The number of carbonyl (C=O) groups is 2. The number of halogens is 3. The van der Waals surface area contributed by atoms with Gasteiger partial charge in [-0.25, -0.2) is 8.42 Å². The molecule has 0 spiro atoms. The first-order valence-corrected chi connectivity index (χ1v) is 15.4. The van der Waals surface area contributed by atoms with Crippen LogP contribution in [0.15, 0.2) is 77.7 Å². The Labute approximate surface area is 251 Å². The first-order valence-electron chi connectivity index (χ1n) is 12.8. The minimum atomic E-state index is -4.25. The summed E-state index contributed by atoms with van der Waals surface area (Å²) < 4.78 is 28.7. The highest BCUT2D eigenvalue weighted by atomic mass is 35.5. The lowest BCUT2D eigenvalue weighted by atomic mass is 10.1. The lowest BCUT2D eigenvalue weighted by Crippen LogP contribution is -2.52. The van der Waals surface area contributed by atoms with Crippen LogP contribution in [-0.4, -0.2) is 44.3 Å². The minimum Gasteiger partial charge on any atom is -0.354 e. The number of benzene rings is 3. The standard InChI is InChI=1S/C29H32Cl3N3O4S/c1-4-25(29(37)33-17-20(2)3)34(18-21-13-15-22(30)16-14-21)27(36)19-35(26-12-8-11-24(31)28(26)32)40(38,39)23-9-6-5-7-10-23/h5-16,20,25H,4,17-19H2,1-3H3,(H,33,37). The number of anilines is 1. The maximum atomic E-state index is 14.1. The summed E-state index contributed by atoms with van der Waals surface area (Å²) in [7, 11) is -4.25. The Morgan fingerprint density at radius 2 is 1.55 bits per heavy atom. The van der Waals surface area contributed by atoms with Crippen molar-refractivity contribution in [3.8, 4) is 0 Å². The van der Waals surface area contributed by atoms with Crippen LogP contribution in [-0.2, 0) is 26.2 Å². The molecule has 40 heavy (non-hydrogen) atoms. The number of nitrogens with zero attached hydrogens (tertiary/aromatic N) is 2. The average molecular weight is 625 g/mol. The van der Waals surface area contributed by atoms with Crippen molar-refractivity contribution in [1.29, 1.82) is 0 Å². The zero-order valence-electron chi connectivity index (χ0n) is 22.5. The van der Waals surface area contributed by atoms with Crippen LogP contribution in [0.2, 0.25) is 15.1 Å². The van der Waals surface area contributed by atoms with Gasteiger partial charge in [0.1, 0.15) is 12.6 Å². The molecule has 3 rings (SSSR count). The predicted octanol–water partition coefficient (Wildman–Crippen LogP) is 6.42. The summed E-state index contributed by atoms with van der Waals surface area (Å²) in [6, 6.07) is 18.4. The van der Waals surface area contributed by atoms with Crippen molar-refractivity contribution in [3.63, 3.8) is 0 Å². The molecule has 3 aromatic rings. The number of carbonyl (C=O) groups excluding carboxylic acids is 2. The molecular weight excluding hydrogens is 593 g/mol. The summed E-state index contributed by atoms with van der Waals surface area (Å²) in [4.78, 5) is 28.7. The summed E-state index contributed by atoms with van der Waals surface area (Å²) in [6.45, 7) is 5.63. The van der Waals surface area contributed by atoms with Gasteiger partial charge in [-0.15, -0.1) is 0 Å². The van der Waals surface area contributed by atoms with Gasteiger partial charge in [0.2, 0.25) is 11.8 Å². The van der Waals surface area contributed by atoms with Gasteiger partial charge in [-0.3, -0.25) is 13.9 Å². The van der Waals surface area contributed by atoms with E-state index in [9.17, 15) is 18.0 Å². The molecule has 0 bridgehead atoms. The number of hydrogen-bond donors (Lipinski definition) is 1. The largest absolute Gasteiger partial charge is 0.354 e. The van der Waals surface area contributed by atoms with Crippen LogP contribution >= 0.6 is 34.8 Å². The van der Waals surface area contributed by atoms with E-state index in [0.29, 0.717) is 18.0 Å². The predicted molar refractivity (Wildman–Crippen MR) is 161 cm³/mol. The van der Waals surface area contributed by atoms with Gasteiger partial charge in [-0.05, 0) is 54.3 Å². The first-order chi connectivity index (χ1) is 18.9. The molecule has 7 nitrogen and oxygen atoms in total. The van der Waals surface area contributed by atoms with Crippen LogP contribution in [0.5, 0.6) is 0 Å². The Morgan fingerprint density at radius 1 is 0.900 bits per heavy atom. The molecule has 3 aromatic carbocycles.